The number of amides is 3. The summed E-state index contributed by atoms with van der Waals surface area (Å²) in [5, 5.41) is 6.22. The Balaban J connectivity index is 1.19. The summed E-state index contributed by atoms with van der Waals surface area (Å²) >= 11 is 0. The Morgan fingerprint density at radius 2 is 1.36 bits per heavy atom. The number of methoxy groups -OCH3 is 1. The van der Waals surface area contributed by atoms with E-state index in [0.717, 1.165) is 22.4 Å². The van der Waals surface area contributed by atoms with Crippen molar-refractivity contribution in [2.75, 3.05) is 25.5 Å². The lowest BCUT2D eigenvalue weighted by atomic mass is 9.84. The number of carbonyl (C=O) groups is 2. The Labute approximate surface area is 263 Å². The number of benzene rings is 5. The highest BCUT2D eigenvalue weighted by Crippen LogP contribution is 2.31. The van der Waals surface area contributed by atoms with Gasteiger partial charge in [0.15, 0.2) is 0 Å². The maximum Gasteiger partial charge on any atom is 0.321 e. The number of hydrogen-bond donors (Lipinski definition) is 2. The molecule has 7 nitrogen and oxygen atoms in total. The van der Waals surface area contributed by atoms with Crippen molar-refractivity contribution >= 4 is 17.6 Å². The third-order valence-corrected chi connectivity index (χ3v) is 8.08. The number of carbonyl (C=O) groups excluding carboxylic acids is 2. The molecule has 1 aliphatic rings. The first kappa shape index (κ1) is 29.5. The maximum atomic E-state index is 13.6. The summed E-state index contributed by atoms with van der Waals surface area (Å²) in [5.74, 6) is 1.86. The van der Waals surface area contributed by atoms with Crippen LogP contribution in [0.5, 0.6) is 17.2 Å². The van der Waals surface area contributed by atoms with E-state index in [2.05, 4.69) is 47.0 Å². The smallest absolute Gasteiger partial charge is 0.321 e. The molecular formula is C38H35N3O4. The van der Waals surface area contributed by atoms with Crippen LogP contribution in [0.2, 0.25) is 0 Å². The second-order valence-electron chi connectivity index (χ2n) is 11.0. The quantitative estimate of drug-likeness (QED) is 0.190. The molecule has 45 heavy (non-hydrogen) atoms. The topological polar surface area (TPSA) is 79.9 Å². The first-order valence-electron chi connectivity index (χ1n) is 15.0. The second kappa shape index (κ2) is 13.8. The molecule has 6 rings (SSSR count). The van der Waals surface area contributed by atoms with Crippen LogP contribution in [0.1, 0.15) is 28.3 Å². The first-order valence-corrected chi connectivity index (χ1v) is 15.0. The largest absolute Gasteiger partial charge is 0.497 e. The van der Waals surface area contributed by atoms with Crippen LogP contribution in [0, 0.1) is 0 Å². The number of nitrogens with zero attached hydrogens (tertiary/aromatic N) is 1. The molecule has 2 N–H and O–H groups in total. The van der Waals surface area contributed by atoms with E-state index in [1.54, 1.807) is 42.3 Å². The predicted octanol–water partition coefficient (Wildman–Crippen LogP) is 7.97. The fourth-order valence-electron chi connectivity index (χ4n) is 5.69. The van der Waals surface area contributed by atoms with E-state index in [-0.39, 0.29) is 23.9 Å². The van der Waals surface area contributed by atoms with Crippen molar-refractivity contribution in [1.82, 2.24) is 10.2 Å². The molecule has 0 spiro atoms. The average molecular weight is 598 g/mol. The van der Waals surface area contributed by atoms with Gasteiger partial charge < -0.3 is 25.0 Å². The number of ether oxygens (including phenoxy) is 2. The third-order valence-electron chi connectivity index (χ3n) is 8.08. The Bertz CT molecular complexity index is 1730. The summed E-state index contributed by atoms with van der Waals surface area (Å²) < 4.78 is 11.2. The van der Waals surface area contributed by atoms with Crippen LogP contribution in [0.15, 0.2) is 133 Å². The van der Waals surface area contributed by atoms with Crippen molar-refractivity contribution in [3.63, 3.8) is 0 Å². The van der Waals surface area contributed by atoms with E-state index in [4.69, 9.17) is 9.47 Å². The Kier molecular flexibility index (Phi) is 9.06. The van der Waals surface area contributed by atoms with E-state index < -0.39 is 0 Å². The molecule has 0 bridgehead atoms. The van der Waals surface area contributed by atoms with Crippen LogP contribution in [0.3, 0.4) is 0 Å². The number of urea groups is 1. The van der Waals surface area contributed by atoms with Crippen molar-refractivity contribution in [2.24, 2.45) is 0 Å². The molecule has 3 amide bonds. The van der Waals surface area contributed by atoms with Crippen molar-refractivity contribution in [3.05, 3.63) is 145 Å². The van der Waals surface area contributed by atoms with Gasteiger partial charge in [0.2, 0.25) is 0 Å². The number of likely N-dealkylation sites (tertiary alicyclic amines) is 1. The summed E-state index contributed by atoms with van der Waals surface area (Å²) in [5.41, 5.74) is 4.58. The van der Waals surface area contributed by atoms with E-state index >= 15 is 0 Å². The Morgan fingerprint density at radius 3 is 2.07 bits per heavy atom. The van der Waals surface area contributed by atoms with Gasteiger partial charge in [0.05, 0.1) is 13.2 Å². The van der Waals surface area contributed by atoms with Crippen LogP contribution < -0.4 is 20.1 Å². The summed E-state index contributed by atoms with van der Waals surface area (Å²) in [6, 6.07) is 42.1. The zero-order valence-electron chi connectivity index (χ0n) is 25.1. The molecule has 1 aliphatic heterocycles. The molecule has 5 aromatic carbocycles. The number of rotatable bonds is 8. The predicted molar refractivity (Wildman–Crippen MR) is 177 cm³/mol. The fraction of sp³-hybridized carbons (Fsp3) is 0.158. The minimum absolute atomic E-state index is 0.0281. The Morgan fingerprint density at radius 1 is 0.711 bits per heavy atom. The highest BCUT2D eigenvalue weighted by molar-refractivity contribution is 5.95. The number of hydrogen-bond acceptors (Lipinski definition) is 4. The molecule has 1 heterocycles. The minimum Gasteiger partial charge on any atom is -0.497 e. The minimum atomic E-state index is -0.301. The van der Waals surface area contributed by atoms with Crippen molar-refractivity contribution in [3.8, 4) is 28.4 Å². The number of piperidine rings is 1. The highest BCUT2D eigenvalue weighted by Gasteiger charge is 2.34. The van der Waals surface area contributed by atoms with Gasteiger partial charge in [0.25, 0.3) is 5.91 Å². The van der Waals surface area contributed by atoms with Crippen molar-refractivity contribution < 1.29 is 19.1 Å². The molecule has 1 saturated heterocycles. The summed E-state index contributed by atoms with van der Waals surface area (Å²) in [4.78, 5) is 28.7. The van der Waals surface area contributed by atoms with E-state index in [9.17, 15) is 9.59 Å². The maximum absolute atomic E-state index is 13.6. The SMILES string of the molecule is COc1cccc(NC(=O)N2CC[C@H](c3ccc(-c4ccccc4)cc3)[C@@H](NC(=O)c3ccc(Oc4ccccc4)cc3)C2)c1. The number of para-hydroxylation sites is 1. The van der Waals surface area contributed by atoms with Gasteiger partial charge in [0.1, 0.15) is 17.2 Å². The summed E-state index contributed by atoms with van der Waals surface area (Å²) in [7, 11) is 1.59. The lowest BCUT2D eigenvalue weighted by Gasteiger charge is -2.39. The van der Waals surface area contributed by atoms with Crippen LogP contribution in [-0.4, -0.2) is 43.1 Å². The van der Waals surface area contributed by atoms with Gasteiger partial charge in [-0.25, -0.2) is 4.79 Å². The zero-order valence-corrected chi connectivity index (χ0v) is 25.1. The van der Waals surface area contributed by atoms with Gasteiger partial charge in [-0.1, -0.05) is 78.9 Å². The molecule has 2 atom stereocenters. The lowest BCUT2D eigenvalue weighted by Crippen LogP contribution is -2.54. The molecular weight excluding hydrogens is 562 g/mol. The van der Waals surface area contributed by atoms with Crippen LogP contribution >= 0.6 is 0 Å². The van der Waals surface area contributed by atoms with Gasteiger partial charge in [-0.2, -0.15) is 0 Å². The molecule has 226 valence electrons. The molecule has 0 saturated carbocycles. The molecule has 0 aliphatic carbocycles. The molecule has 7 heteroatoms. The van der Waals surface area contributed by atoms with E-state index in [1.165, 1.54) is 0 Å². The monoisotopic (exact) mass is 597 g/mol. The van der Waals surface area contributed by atoms with Gasteiger partial charge in [0, 0.05) is 36.3 Å². The number of anilines is 1. The van der Waals surface area contributed by atoms with Crippen molar-refractivity contribution in [2.45, 2.75) is 18.4 Å². The molecule has 0 radical (unpaired) electrons. The standard InChI is InChI=1S/C38H35N3O4/c1-44-34-14-8-11-31(25-34)39-38(43)41-24-23-35(29-17-15-28(16-18-29)27-9-4-2-5-10-27)36(26-41)40-37(42)30-19-21-33(22-20-30)45-32-12-6-3-7-13-32/h2-22,25,35-36H,23-24,26H2,1H3,(H,39,43)(H,40,42)/t35-,36+/m1/s1. The van der Waals surface area contributed by atoms with Gasteiger partial charge in [-0.3, -0.25) is 4.79 Å². The molecule has 1 fully saturated rings. The third kappa shape index (κ3) is 7.33. The fourth-order valence-corrected chi connectivity index (χ4v) is 5.69. The highest BCUT2D eigenvalue weighted by atomic mass is 16.5. The van der Waals surface area contributed by atoms with Crippen LogP contribution in [0.4, 0.5) is 10.5 Å². The van der Waals surface area contributed by atoms with Gasteiger partial charge in [-0.05, 0) is 71.6 Å². The van der Waals surface area contributed by atoms with E-state index in [1.807, 2.05) is 66.7 Å². The van der Waals surface area contributed by atoms with Crippen LogP contribution in [0.25, 0.3) is 11.1 Å². The van der Waals surface area contributed by atoms with E-state index in [0.29, 0.717) is 42.3 Å². The molecule has 0 aromatic heterocycles. The van der Waals surface area contributed by atoms with Gasteiger partial charge in [-0.15, -0.1) is 0 Å². The summed E-state index contributed by atoms with van der Waals surface area (Å²) in [6.07, 6.45) is 0.699. The molecule has 5 aromatic rings. The average Bonchev–Trinajstić information content (AvgIpc) is 3.09. The zero-order chi connectivity index (χ0) is 31.0. The van der Waals surface area contributed by atoms with Gasteiger partial charge >= 0.3 is 6.03 Å². The summed E-state index contributed by atoms with van der Waals surface area (Å²) in [6.45, 7) is 0.917. The van der Waals surface area contributed by atoms with Crippen LogP contribution in [-0.2, 0) is 0 Å². The molecule has 0 unspecified atom stereocenters. The second-order valence-corrected chi connectivity index (χ2v) is 11.0. The lowest BCUT2D eigenvalue weighted by molar-refractivity contribution is 0.0901. The number of nitrogens with one attached hydrogen (secondary N) is 2. The Hall–Kier alpha value is -5.56. The normalized spacial score (nSPS) is 16.0. The first-order chi connectivity index (χ1) is 22.1. The van der Waals surface area contributed by atoms with Crippen molar-refractivity contribution in [1.29, 1.82) is 0 Å².